The fourth-order valence-corrected chi connectivity index (χ4v) is 3.13. The summed E-state index contributed by atoms with van der Waals surface area (Å²) in [6.07, 6.45) is 1.08. The van der Waals surface area contributed by atoms with Crippen molar-refractivity contribution in [1.29, 1.82) is 0 Å². The first kappa shape index (κ1) is 15.1. The molecule has 0 saturated carbocycles. The molecule has 0 aliphatic carbocycles. The molecule has 1 aliphatic rings. The van der Waals surface area contributed by atoms with Gasteiger partial charge in [-0.25, -0.2) is 0 Å². The van der Waals surface area contributed by atoms with Gasteiger partial charge < -0.3 is 10.4 Å². The third-order valence-corrected chi connectivity index (χ3v) is 4.42. The summed E-state index contributed by atoms with van der Waals surface area (Å²) >= 11 is 0. The highest BCUT2D eigenvalue weighted by Crippen LogP contribution is 2.25. The quantitative estimate of drug-likeness (QED) is 0.910. The second kappa shape index (κ2) is 6.95. The second-order valence-corrected chi connectivity index (χ2v) is 5.96. The summed E-state index contributed by atoms with van der Waals surface area (Å²) in [5.41, 5.74) is 3.91. The van der Waals surface area contributed by atoms with Crippen molar-refractivity contribution in [1.82, 2.24) is 10.2 Å². The van der Waals surface area contributed by atoms with Crippen molar-refractivity contribution in [2.24, 2.45) is 0 Å². The van der Waals surface area contributed by atoms with Crippen LogP contribution in [0.25, 0.3) is 0 Å². The number of aryl methyl sites for hydroxylation is 1. The molecule has 1 atom stereocenters. The van der Waals surface area contributed by atoms with Crippen LogP contribution in [-0.4, -0.2) is 29.6 Å². The summed E-state index contributed by atoms with van der Waals surface area (Å²) < 4.78 is 0. The number of nitrogens with one attached hydrogen (secondary N) is 1. The van der Waals surface area contributed by atoms with Crippen molar-refractivity contribution < 1.29 is 5.11 Å². The Morgan fingerprint density at radius 2 is 1.95 bits per heavy atom. The van der Waals surface area contributed by atoms with Crippen molar-refractivity contribution in [3.05, 3.63) is 65.2 Å². The van der Waals surface area contributed by atoms with Gasteiger partial charge in [-0.1, -0.05) is 43.3 Å². The normalized spacial score (nSPS) is 19.2. The first-order chi connectivity index (χ1) is 10.8. The lowest BCUT2D eigenvalue weighted by molar-refractivity contribution is 0.153. The van der Waals surface area contributed by atoms with E-state index in [-0.39, 0.29) is 0 Å². The highest BCUT2D eigenvalue weighted by molar-refractivity contribution is 5.29. The highest BCUT2D eigenvalue weighted by Gasteiger charge is 2.23. The predicted octanol–water partition coefficient (Wildman–Crippen LogP) is 3.10. The molecular formula is C19H24N2O. The van der Waals surface area contributed by atoms with E-state index in [0.29, 0.717) is 11.8 Å². The maximum atomic E-state index is 9.65. The minimum Gasteiger partial charge on any atom is -0.508 e. The fourth-order valence-electron chi connectivity index (χ4n) is 3.13. The third kappa shape index (κ3) is 3.49. The zero-order valence-electron chi connectivity index (χ0n) is 13.1. The summed E-state index contributed by atoms with van der Waals surface area (Å²) in [6.45, 7) is 6.07. The Morgan fingerprint density at radius 1 is 1.14 bits per heavy atom. The van der Waals surface area contributed by atoms with Crippen LogP contribution >= 0.6 is 0 Å². The van der Waals surface area contributed by atoms with Crippen LogP contribution < -0.4 is 5.32 Å². The first-order valence-electron chi connectivity index (χ1n) is 8.08. The molecule has 3 nitrogen and oxygen atoms in total. The zero-order chi connectivity index (χ0) is 15.4. The standard InChI is InChI=1S/C19H24N2O/c1-2-15-6-8-17(9-7-15)19-13-20-10-11-21(19)14-16-4-3-5-18(22)12-16/h3-9,12,19-20,22H,2,10-11,13-14H2,1H3. The van der Waals surface area contributed by atoms with Gasteiger partial charge >= 0.3 is 0 Å². The van der Waals surface area contributed by atoms with E-state index in [9.17, 15) is 5.11 Å². The summed E-state index contributed by atoms with van der Waals surface area (Å²) in [6, 6.07) is 16.9. The Bertz CT molecular complexity index is 609. The molecule has 1 fully saturated rings. The van der Waals surface area contributed by atoms with Gasteiger partial charge in [-0.15, -0.1) is 0 Å². The molecule has 1 saturated heterocycles. The number of hydrogen-bond acceptors (Lipinski definition) is 3. The van der Waals surface area contributed by atoms with Crippen LogP contribution in [0.2, 0.25) is 0 Å². The molecule has 1 unspecified atom stereocenters. The Hall–Kier alpha value is -1.84. The summed E-state index contributed by atoms with van der Waals surface area (Å²) in [4.78, 5) is 2.49. The molecule has 1 aliphatic heterocycles. The van der Waals surface area contributed by atoms with Gasteiger partial charge in [0.2, 0.25) is 0 Å². The Kier molecular flexibility index (Phi) is 4.76. The van der Waals surface area contributed by atoms with Crippen LogP contribution in [0.4, 0.5) is 0 Å². The number of hydrogen-bond donors (Lipinski definition) is 2. The van der Waals surface area contributed by atoms with Crippen molar-refractivity contribution in [2.75, 3.05) is 19.6 Å². The second-order valence-electron chi connectivity index (χ2n) is 5.96. The Morgan fingerprint density at radius 3 is 2.68 bits per heavy atom. The molecule has 0 aromatic heterocycles. The molecule has 0 radical (unpaired) electrons. The molecule has 3 heteroatoms. The van der Waals surface area contributed by atoms with E-state index in [1.807, 2.05) is 12.1 Å². The van der Waals surface area contributed by atoms with E-state index in [0.717, 1.165) is 38.2 Å². The number of phenols is 1. The predicted molar refractivity (Wildman–Crippen MR) is 89.9 cm³/mol. The van der Waals surface area contributed by atoms with Crippen molar-refractivity contribution in [2.45, 2.75) is 25.9 Å². The van der Waals surface area contributed by atoms with E-state index in [2.05, 4.69) is 47.5 Å². The molecule has 2 aromatic rings. The molecule has 0 amide bonds. The van der Waals surface area contributed by atoms with Crippen LogP contribution in [0.3, 0.4) is 0 Å². The van der Waals surface area contributed by atoms with Gasteiger partial charge in [0.05, 0.1) is 0 Å². The molecule has 116 valence electrons. The maximum Gasteiger partial charge on any atom is 0.115 e. The van der Waals surface area contributed by atoms with Crippen molar-refractivity contribution in [3.8, 4) is 5.75 Å². The first-order valence-corrected chi connectivity index (χ1v) is 8.08. The average Bonchev–Trinajstić information content (AvgIpc) is 2.56. The molecule has 22 heavy (non-hydrogen) atoms. The van der Waals surface area contributed by atoms with Gasteiger partial charge in [0, 0.05) is 32.2 Å². The van der Waals surface area contributed by atoms with E-state index >= 15 is 0 Å². The minimum atomic E-state index is 0.344. The topological polar surface area (TPSA) is 35.5 Å². The maximum absolute atomic E-state index is 9.65. The number of rotatable bonds is 4. The van der Waals surface area contributed by atoms with Gasteiger partial charge in [0.1, 0.15) is 5.75 Å². The van der Waals surface area contributed by atoms with Crippen LogP contribution in [0.15, 0.2) is 48.5 Å². The van der Waals surface area contributed by atoms with E-state index in [1.54, 1.807) is 6.07 Å². The molecule has 0 bridgehead atoms. The fraction of sp³-hybridized carbons (Fsp3) is 0.368. The molecule has 3 rings (SSSR count). The summed E-state index contributed by atoms with van der Waals surface area (Å²) in [7, 11) is 0. The van der Waals surface area contributed by atoms with E-state index < -0.39 is 0 Å². The monoisotopic (exact) mass is 296 g/mol. The summed E-state index contributed by atoms with van der Waals surface area (Å²) in [5.74, 6) is 0.344. The average molecular weight is 296 g/mol. The number of aromatic hydroxyl groups is 1. The number of piperazine rings is 1. The lowest BCUT2D eigenvalue weighted by atomic mass is 10.00. The molecule has 2 N–H and O–H groups in total. The van der Waals surface area contributed by atoms with Crippen LogP contribution in [0.5, 0.6) is 5.75 Å². The summed E-state index contributed by atoms with van der Waals surface area (Å²) in [5, 5.41) is 13.2. The molecule has 1 heterocycles. The largest absolute Gasteiger partial charge is 0.508 e. The van der Waals surface area contributed by atoms with Crippen LogP contribution in [0.1, 0.15) is 29.7 Å². The van der Waals surface area contributed by atoms with Crippen LogP contribution in [-0.2, 0) is 13.0 Å². The highest BCUT2D eigenvalue weighted by atomic mass is 16.3. The van der Waals surface area contributed by atoms with Gasteiger partial charge in [-0.3, -0.25) is 4.90 Å². The van der Waals surface area contributed by atoms with Crippen molar-refractivity contribution in [3.63, 3.8) is 0 Å². The number of benzene rings is 2. The molecule has 2 aromatic carbocycles. The molecule has 0 spiro atoms. The van der Waals surface area contributed by atoms with Gasteiger partial charge in [-0.05, 0) is 35.2 Å². The lowest BCUT2D eigenvalue weighted by Gasteiger charge is -2.36. The third-order valence-electron chi connectivity index (χ3n) is 4.42. The lowest BCUT2D eigenvalue weighted by Crippen LogP contribution is -2.45. The van der Waals surface area contributed by atoms with Gasteiger partial charge in [-0.2, -0.15) is 0 Å². The van der Waals surface area contributed by atoms with Crippen molar-refractivity contribution >= 4 is 0 Å². The van der Waals surface area contributed by atoms with Gasteiger partial charge in [0.15, 0.2) is 0 Å². The SMILES string of the molecule is CCc1ccc(C2CNCCN2Cc2cccc(O)c2)cc1. The Labute approximate surface area is 132 Å². The number of nitrogens with zero attached hydrogens (tertiary/aromatic N) is 1. The van der Waals surface area contributed by atoms with Crippen LogP contribution in [0, 0.1) is 0 Å². The molecular weight excluding hydrogens is 272 g/mol. The smallest absolute Gasteiger partial charge is 0.115 e. The minimum absolute atomic E-state index is 0.344. The van der Waals surface area contributed by atoms with E-state index in [4.69, 9.17) is 0 Å². The van der Waals surface area contributed by atoms with E-state index in [1.165, 1.54) is 11.1 Å². The van der Waals surface area contributed by atoms with Gasteiger partial charge in [0.25, 0.3) is 0 Å². The zero-order valence-corrected chi connectivity index (χ0v) is 13.1. The Balaban J connectivity index is 1.78. The number of phenolic OH excluding ortho intramolecular Hbond substituents is 1.